The molecule has 0 spiro atoms. The zero-order valence-electron chi connectivity index (χ0n) is 12.7. The molecular formula is C16H22N4O. The van der Waals surface area contributed by atoms with Gasteiger partial charge in [0.15, 0.2) is 0 Å². The number of benzene rings is 1. The lowest BCUT2D eigenvalue weighted by atomic mass is 10.1. The lowest BCUT2D eigenvalue weighted by molar-refractivity contribution is -0.120. The number of hydrogen-bond acceptors (Lipinski definition) is 4. The van der Waals surface area contributed by atoms with Crippen molar-refractivity contribution in [3.05, 3.63) is 29.8 Å². The summed E-state index contributed by atoms with van der Waals surface area (Å²) in [5, 5.41) is 11.9. The molecule has 0 aliphatic carbocycles. The Morgan fingerprint density at radius 2 is 2.05 bits per heavy atom. The van der Waals surface area contributed by atoms with E-state index < -0.39 is 0 Å². The van der Waals surface area contributed by atoms with Crippen molar-refractivity contribution in [2.45, 2.75) is 19.4 Å². The van der Waals surface area contributed by atoms with E-state index in [0.717, 1.165) is 32.6 Å². The van der Waals surface area contributed by atoms with Gasteiger partial charge in [0.2, 0.25) is 5.91 Å². The Bertz CT molecular complexity index is 537. The molecule has 0 aromatic heterocycles. The Morgan fingerprint density at radius 1 is 1.29 bits per heavy atom. The summed E-state index contributed by atoms with van der Waals surface area (Å²) >= 11 is 0. The van der Waals surface area contributed by atoms with Crippen molar-refractivity contribution in [2.24, 2.45) is 0 Å². The largest absolute Gasteiger partial charge is 0.324 e. The second kappa shape index (κ2) is 7.21. The van der Waals surface area contributed by atoms with Gasteiger partial charge in [-0.3, -0.25) is 9.69 Å². The smallest absolute Gasteiger partial charge is 0.241 e. The molecule has 112 valence electrons. The van der Waals surface area contributed by atoms with Gasteiger partial charge in [0.25, 0.3) is 0 Å². The van der Waals surface area contributed by atoms with Crippen molar-refractivity contribution in [1.29, 1.82) is 5.26 Å². The van der Waals surface area contributed by atoms with E-state index >= 15 is 0 Å². The fraction of sp³-hybridized carbons (Fsp3) is 0.500. The summed E-state index contributed by atoms with van der Waals surface area (Å²) in [5.41, 5.74) is 1.08. The monoisotopic (exact) mass is 286 g/mol. The van der Waals surface area contributed by atoms with Crippen LogP contribution in [0.15, 0.2) is 24.3 Å². The molecule has 1 amide bonds. The number of carbonyl (C=O) groups is 1. The summed E-state index contributed by atoms with van der Waals surface area (Å²) in [4.78, 5) is 16.9. The predicted molar refractivity (Wildman–Crippen MR) is 82.9 cm³/mol. The van der Waals surface area contributed by atoms with Gasteiger partial charge in [-0.25, -0.2) is 0 Å². The van der Waals surface area contributed by atoms with Gasteiger partial charge < -0.3 is 10.2 Å². The maximum Gasteiger partial charge on any atom is 0.241 e. The molecule has 5 nitrogen and oxygen atoms in total. The van der Waals surface area contributed by atoms with Crippen LogP contribution < -0.4 is 5.32 Å². The molecule has 2 rings (SSSR count). The van der Waals surface area contributed by atoms with E-state index in [1.54, 1.807) is 18.2 Å². The average Bonchev–Trinajstić information content (AvgIpc) is 2.71. The van der Waals surface area contributed by atoms with Crippen LogP contribution in [0.3, 0.4) is 0 Å². The Labute approximate surface area is 126 Å². The first-order chi connectivity index (χ1) is 10.1. The van der Waals surface area contributed by atoms with Crippen molar-refractivity contribution in [1.82, 2.24) is 9.80 Å². The van der Waals surface area contributed by atoms with E-state index in [2.05, 4.69) is 28.2 Å². The number of hydrogen-bond donors (Lipinski definition) is 1. The van der Waals surface area contributed by atoms with Gasteiger partial charge in [0.05, 0.1) is 17.3 Å². The number of para-hydroxylation sites is 1. The quantitative estimate of drug-likeness (QED) is 0.915. The maximum absolute atomic E-state index is 12.4. The molecule has 1 aliphatic heterocycles. The molecule has 1 aromatic carbocycles. The third kappa shape index (κ3) is 4.03. The highest BCUT2D eigenvalue weighted by molar-refractivity contribution is 5.95. The molecule has 21 heavy (non-hydrogen) atoms. The van der Waals surface area contributed by atoms with Gasteiger partial charge in [0.1, 0.15) is 6.07 Å². The molecular weight excluding hydrogens is 264 g/mol. The molecule has 1 heterocycles. The lowest BCUT2D eigenvalue weighted by Crippen LogP contribution is -2.43. The van der Waals surface area contributed by atoms with Gasteiger partial charge in [-0.05, 0) is 39.1 Å². The van der Waals surface area contributed by atoms with E-state index in [0.29, 0.717) is 11.3 Å². The van der Waals surface area contributed by atoms with E-state index in [1.807, 2.05) is 13.0 Å². The Morgan fingerprint density at radius 3 is 2.81 bits per heavy atom. The zero-order valence-corrected chi connectivity index (χ0v) is 12.7. The highest BCUT2D eigenvalue weighted by atomic mass is 16.2. The summed E-state index contributed by atoms with van der Waals surface area (Å²) < 4.78 is 0. The van der Waals surface area contributed by atoms with Crippen molar-refractivity contribution in [3.8, 4) is 6.07 Å². The molecule has 1 N–H and O–H groups in total. The van der Waals surface area contributed by atoms with Gasteiger partial charge >= 0.3 is 0 Å². The second-order valence-corrected chi connectivity index (χ2v) is 5.52. The minimum Gasteiger partial charge on any atom is -0.324 e. The van der Waals surface area contributed by atoms with E-state index in [-0.39, 0.29) is 11.9 Å². The minimum atomic E-state index is -0.191. The molecule has 1 fully saturated rings. The van der Waals surface area contributed by atoms with Crippen LogP contribution in [0.5, 0.6) is 0 Å². The first-order valence-corrected chi connectivity index (χ1v) is 7.34. The number of nitriles is 1. The third-order valence-electron chi connectivity index (χ3n) is 3.99. The second-order valence-electron chi connectivity index (χ2n) is 5.52. The fourth-order valence-corrected chi connectivity index (χ4v) is 2.55. The van der Waals surface area contributed by atoms with Crippen molar-refractivity contribution in [3.63, 3.8) is 0 Å². The number of carbonyl (C=O) groups excluding carboxylic acids is 1. The van der Waals surface area contributed by atoms with Crippen LogP contribution in [0, 0.1) is 11.3 Å². The highest BCUT2D eigenvalue weighted by Crippen LogP contribution is 2.15. The number of anilines is 1. The molecule has 1 atom stereocenters. The topological polar surface area (TPSA) is 59.4 Å². The maximum atomic E-state index is 12.4. The Hall–Kier alpha value is -1.90. The zero-order chi connectivity index (χ0) is 15.2. The number of likely N-dealkylation sites (N-methyl/N-ethyl adjacent to an activating group) is 1. The summed E-state index contributed by atoms with van der Waals surface area (Å²) in [6.07, 6.45) is 1.07. The summed E-state index contributed by atoms with van der Waals surface area (Å²) in [6.45, 7) is 5.80. The molecule has 0 unspecified atom stereocenters. The Kier molecular flexibility index (Phi) is 5.32. The first-order valence-electron chi connectivity index (χ1n) is 7.34. The van der Waals surface area contributed by atoms with Gasteiger partial charge in [-0.15, -0.1) is 0 Å². The van der Waals surface area contributed by atoms with E-state index in [4.69, 9.17) is 5.26 Å². The highest BCUT2D eigenvalue weighted by Gasteiger charge is 2.23. The molecule has 5 heteroatoms. The molecule has 1 aromatic rings. The van der Waals surface area contributed by atoms with Gasteiger partial charge in [-0.2, -0.15) is 5.26 Å². The summed E-state index contributed by atoms with van der Waals surface area (Å²) in [7, 11) is 2.11. The van der Waals surface area contributed by atoms with Crippen molar-refractivity contribution < 1.29 is 4.79 Å². The first kappa shape index (κ1) is 15.5. The van der Waals surface area contributed by atoms with Crippen LogP contribution in [0.25, 0.3) is 0 Å². The standard InChI is InChI=1S/C16H22N4O/c1-13(20-9-5-8-19(2)10-11-20)16(21)18-15-7-4-3-6-14(15)12-17/h3-4,6-7,13H,5,8-11H2,1-2H3,(H,18,21)/t13-/m0/s1. The Balaban J connectivity index is 2.01. The molecule has 0 saturated carbocycles. The molecule has 1 aliphatic rings. The van der Waals surface area contributed by atoms with Crippen LogP contribution in [0.1, 0.15) is 18.9 Å². The predicted octanol–water partition coefficient (Wildman–Crippen LogP) is 1.52. The lowest BCUT2D eigenvalue weighted by Gasteiger charge is -2.26. The molecule has 0 radical (unpaired) electrons. The average molecular weight is 286 g/mol. The minimum absolute atomic E-state index is 0.0535. The van der Waals surface area contributed by atoms with Crippen LogP contribution in [0.4, 0.5) is 5.69 Å². The number of nitrogens with zero attached hydrogens (tertiary/aromatic N) is 3. The normalized spacial score (nSPS) is 18.5. The third-order valence-corrected chi connectivity index (χ3v) is 3.99. The van der Waals surface area contributed by atoms with Crippen LogP contribution in [-0.2, 0) is 4.79 Å². The van der Waals surface area contributed by atoms with E-state index in [1.165, 1.54) is 0 Å². The van der Waals surface area contributed by atoms with Crippen LogP contribution in [0.2, 0.25) is 0 Å². The molecule has 1 saturated heterocycles. The van der Waals surface area contributed by atoms with Crippen molar-refractivity contribution in [2.75, 3.05) is 38.5 Å². The van der Waals surface area contributed by atoms with Gasteiger partial charge in [-0.1, -0.05) is 12.1 Å². The number of rotatable bonds is 3. The van der Waals surface area contributed by atoms with Crippen molar-refractivity contribution >= 4 is 11.6 Å². The van der Waals surface area contributed by atoms with E-state index in [9.17, 15) is 4.79 Å². The van der Waals surface area contributed by atoms with Gasteiger partial charge in [0, 0.05) is 19.6 Å². The van der Waals surface area contributed by atoms with Crippen LogP contribution in [-0.4, -0.2) is 55.0 Å². The number of nitrogens with one attached hydrogen (secondary N) is 1. The molecule has 0 bridgehead atoms. The fourth-order valence-electron chi connectivity index (χ4n) is 2.55. The number of amides is 1. The summed E-state index contributed by atoms with van der Waals surface area (Å²) in [6, 6.07) is 9.00. The SMILES string of the molecule is C[C@@H](C(=O)Nc1ccccc1C#N)N1CCCN(C)CC1. The van der Waals surface area contributed by atoms with Crippen LogP contribution >= 0.6 is 0 Å². The summed E-state index contributed by atoms with van der Waals surface area (Å²) in [5.74, 6) is -0.0535.